The lowest BCUT2D eigenvalue weighted by atomic mass is 10.2. The van der Waals surface area contributed by atoms with Crippen LogP contribution in [0.15, 0.2) is 48.5 Å². The number of carbonyl (C=O) groups excluding carboxylic acids is 2. The smallest absolute Gasteiger partial charge is 0.319 e. The number of piperazine rings is 1. The first-order valence-electron chi connectivity index (χ1n) is 8.44. The third kappa shape index (κ3) is 4.44. The van der Waals surface area contributed by atoms with Crippen molar-refractivity contribution in [2.24, 2.45) is 0 Å². The van der Waals surface area contributed by atoms with Crippen molar-refractivity contribution in [1.29, 1.82) is 0 Å². The second kappa shape index (κ2) is 8.24. The van der Waals surface area contributed by atoms with Crippen LogP contribution in [0.2, 0.25) is 0 Å². The fourth-order valence-electron chi connectivity index (χ4n) is 2.81. The number of para-hydroxylation sites is 1. The Morgan fingerprint density at radius 3 is 2.69 bits per heavy atom. The molecule has 2 aromatic carbocycles. The summed E-state index contributed by atoms with van der Waals surface area (Å²) in [4.78, 5) is 25.6. The van der Waals surface area contributed by atoms with Gasteiger partial charge in [0.05, 0.1) is 13.7 Å². The van der Waals surface area contributed by atoms with Gasteiger partial charge < -0.3 is 25.6 Å². The first-order chi connectivity index (χ1) is 12.7. The summed E-state index contributed by atoms with van der Waals surface area (Å²) < 4.78 is 5.27. The summed E-state index contributed by atoms with van der Waals surface area (Å²) in [5.41, 5.74) is 2.55. The predicted octanol–water partition coefficient (Wildman–Crippen LogP) is 1.95. The van der Waals surface area contributed by atoms with Crippen LogP contribution in [-0.2, 0) is 11.3 Å². The summed E-state index contributed by atoms with van der Waals surface area (Å²) in [6.07, 6.45) is 0. The number of amides is 3. The Balaban J connectivity index is 1.53. The molecule has 0 aliphatic carbocycles. The SMILES string of the molecule is COc1ccccc1CNC(=O)Nc1ccc(N2CCNC(=O)C2)cc1. The van der Waals surface area contributed by atoms with E-state index in [-0.39, 0.29) is 11.9 Å². The number of hydrogen-bond acceptors (Lipinski definition) is 4. The molecule has 0 saturated carbocycles. The van der Waals surface area contributed by atoms with Crippen molar-refractivity contribution >= 4 is 23.3 Å². The molecule has 7 nitrogen and oxygen atoms in total. The molecule has 0 unspecified atom stereocenters. The fourth-order valence-corrected chi connectivity index (χ4v) is 2.81. The van der Waals surface area contributed by atoms with Crippen molar-refractivity contribution in [3.8, 4) is 5.75 Å². The van der Waals surface area contributed by atoms with Crippen molar-refractivity contribution in [3.63, 3.8) is 0 Å². The van der Waals surface area contributed by atoms with E-state index in [4.69, 9.17) is 4.74 Å². The largest absolute Gasteiger partial charge is 0.496 e. The zero-order chi connectivity index (χ0) is 18.4. The van der Waals surface area contributed by atoms with Crippen LogP contribution >= 0.6 is 0 Å². The molecule has 0 bridgehead atoms. The van der Waals surface area contributed by atoms with E-state index in [2.05, 4.69) is 16.0 Å². The molecular weight excluding hydrogens is 332 g/mol. The highest BCUT2D eigenvalue weighted by Gasteiger charge is 2.16. The van der Waals surface area contributed by atoms with E-state index in [1.54, 1.807) is 7.11 Å². The van der Waals surface area contributed by atoms with Gasteiger partial charge in [0.1, 0.15) is 5.75 Å². The van der Waals surface area contributed by atoms with E-state index >= 15 is 0 Å². The highest BCUT2D eigenvalue weighted by atomic mass is 16.5. The van der Waals surface area contributed by atoms with Crippen molar-refractivity contribution in [3.05, 3.63) is 54.1 Å². The molecule has 7 heteroatoms. The van der Waals surface area contributed by atoms with Crippen LogP contribution in [0.4, 0.5) is 16.2 Å². The molecule has 1 fully saturated rings. The van der Waals surface area contributed by atoms with E-state index in [9.17, 15) is 9.59 Å². The minimum atomic E-state index is -0.291. The average molecular weight is 354 g/mol. The maximum Gasteiger partial charge on any atom is 0.319 e. The third-order valence-electron chi connectivity index (χ3n) is 4.16. The summed E-state index contributed by atoms with van der Waals surface area (Å²) in [6, 6.07) is 14.7. The average Bonchev–Trinajstić information content (AvgIpc) is 2.67. The van der Waals surface area contributed by atoms with Crippen LogP contribution in [0.3, 0.4) is 0 Å². The quantitative estimate of drug-likeness (QED) is 0.766. The molecule has 136 valence electrons. The first-order valence-corrected chi connectivity index (χ1v) is 8.44. The van der Waals surface area contributed by atoms with E-state index in [1.807, 2.05) is 53.4 Å². The summed E-state index contributed by atoms with van der Waals surface area (Å²) in [7, 11) is 1.60. The van der Waals surface area contributed by atoms with E-state index < -0.39 is 0 Å². The van der Waals surface area contributed by atoms with Gasteiger partial charge in [-0.05, 0) is 30.3 Å². The number of rotatable bonds is 5. The number of ether oxygens (including phenoxy) is 1. The maximum absolute atomic E-state index is 12.1. The predicted molar refractivity (Wildman–Crippen MR) is 101 cm³/mol. The Labute approximate surface area is 152 Å². The number of methoxy groups -OCH3 is 1. The molecule has 1 saturated heterocycles. The second-order valence-electron chi connectivity index (χ2n) is 5.94. The van der Waals surface area contributed by atoms with Gasteiger partial charge in [0, 0.05) is 36.6 Å². The number of anilines is 2. The molecule has 0 spiro atoms. The van der Waals surface area contributed by atoms with E-state index in [1.165, 1.54) is 0 Å². The molecule has 1 aliphatic rings. The molecular formula is C19H22N4O3. The van der Waals surface area contributed by atoms with Crippen LogP contribution in [0, 0.1) is 0 Å². The Bertz CT molecular complexity index is 777. The number of carbonyl (C=O) groups is 2. The van der Waals surface area contributed by atoms with Crippen molar-refractivity contribution < 1.29 is 14.3 Å². The number of nitrogens with one attached hydrogen (secondary N) is 3. The van der Waals surface area contributed by atoms with Crippen LogP contribution in [0.25, 0.3) is 0 Å². The Hall–Kier alpha value is -3.22. The van der Waals surface area contributed by atoms with Gasteiger partial charge in [-0.15, -0.1) is 0 Å². The Morgan fingerprint density at radius 2 is 1.96 bits per heavy atom. The lowest BCUT2D eigenvalue weighted by Crippen LogP contribution is -2.47. The third-order valence-corrected chi connectivity index (χ3v) is 4.16. The summed E-state index contributed by atoms with van der Waals surface area (Å²) in [5, 5.41) is 8.41. The second-order valence-corrected chi connectivity index (χ2v) is 5.94. The topological polar surface area (TPSA) is 82.7 Å². The minimum absolute atomic E-state index is 0.0224. The molecule has 1 aliphatic heterocycles. The van der Waals surface area contributed by atoms with Crippen molar-refractivity contribution in [2.45, 2.75) is 6.54 Å². The molecule has 0 aromatic heterocycles. The zero-order valence-corrected chi connectivity index (χ0v) is 14.6. The van der Waals surface area contributed by atoms with Crippen LogP contribution in [-0.4, -0.2) is 38.7 Å². The number of hydrogen-bond donors (Lipinski definition) is 3. The first kappa shape index (κ1) is 17.6. The number of benzene rings is 2. The van der Waals surface area contributed by atoms with Gasteiger partial charge >= 0.3 is 6.03 Å². The van der Waals surface area contributed by atoms with Crippen molar-refractivity contribution in [1.82, 2.24) is 10.6 Å². The zero-order valence-electron chi connectivity index (χ0n) is 14.6. The van der Waals surface area contributed by atoms with Crippen LogP contribution < -0.4 is 25.6 Å². The Kier molecular flexibility index (Phi) is 5.58. The van der Waals surface area contributed by atoms with Gasteiger partial charge in [-0.1, -0.05) is 18.2 Å². The highest BCUT2D eigenvalue weighted by Crippen LogP contribution is 2.19. The van der Waals surface area contributed by atoms with Gasteiger partial charge in [0.15, 0.2) is 0 Å². The molecule has 1 heterocycles. The molecule has 3 N–H and O–H groups in total. The lowest BCUT2D eigenvalue weighted by Gasteiger charge is -2.28. The summed E-state index contributed by atoms with van der Waals surface area (Å²) in [5.74, 6) is 0.761. The minimum Gasteiger partial charge on any atom is -0.496 e. The lowest BCUT2D eigenvalue weighted by molar-refractivity contribution is -0.120. The van der Waals surface area contributed by atoms with Gasteiger partial charge in [-0.2, -0.15) is 0 Å². The standard InChI is InChI=1S/C19H22N4O3/c1-26-17-5-3-2-4-14(17)12-21-19(25)22-15-6-8-16(9-7-15)23-11-10-20-18(24)13-23/h2-9H,10-13H2,1H3,(H,20,24)(H2,21,22,25). The van der Waals surface area contributed by atoms with Gasteiger partial charge in [-0.25, -0.2) is 4.79 Å². The monoisotopic (exact) mass is 354 g/mol. The molecule has 0 atom stereocenters. The summed E-state index contributed by atoms with van der Waals surface area (Å²) in [6.45, 7) is 2.14. The molecule has 3 rings (SSSR count). The van der Waals surface area contributed by atoms with Gasteiger partial charge in [-0.3, -0.25) is 4.79 Å². The van der Waals surface area contributed by atoms with E-state index in [0.717, 1.165) is 23.5 Å². The van der Waals surface area contributed by atoms with Crippen LogP contribution in [0.5, 0.6) is 5.75 Å². The molecule has 0 radical (unpaired) electrons. The summed E-state index contributed by atoms with van der Waals surface area (Å²) >= 11 is 0. The maximum atomic E-state index is 12.1. The molecule has 3 amide bonds. The van der Waals surface area contributed by atoms with Gasteiger partial charge in [0.2, 0.25) is 5.91 Å². The van der Waals surface area contributed by atoms with Crippen molar-refractivity contribution in [2.75, 3.05) is 37.0 Å². The molecule has 2 aromatic rings. The molecule has 26 heavy (non-hydrogen) atoms. The van der Waals surface area contributed by atoms with E-state index in [0.29, 0.717) is 25.3 Å². The van der Waals surface area contributed by atoms with Crippen LogP contribution in [0.1, 0.15) is 5.56 Å². The number of urea groups is 1. The normalized spacial score (nSPS) is 13.7. The highest BCUT2D eigenvalue weighted by molar-refractivity contribution is 5.89. The van der Waals surface area contributed by atoms with Gasteiger partial charge in [0.25, 0.3) is 0 Å². The fraction of sp³-hybridized carbons (Fsp3) is 0.263. The Morgan fingerprint density at radius 1 is 1.19 bits per heavy atom. The number of nitrogens with zero attached hydrogens (tertiary/aromatic N) is 1.